The van der Waals surface area contributed by atoms with E-state index < -0.39 is 0 Å². The minimum Gasteiger partial charge on any atom is -0.495 e. The number of methoxy groups -OCH3 is 1. The monoisotopic (exact) mass is 272 g/mol. The van der Waals surface area contributed by atoms with Gasteiger partial charge in [-0.1, -0.05) is 17.3 Å². The molecule has 4 heteroatoms. The van der Waals surface area contributed by atoms with Crippen LogP contribution in [-0.2, 0) is 13.0 Å². The molecule has 20 heavy (non-hydrogen) atoms. The molecule has 0 saturated carbocycles. The minimum atomic E-state index is 0.828. The molecule has 0 bridgehead atoms. The largest absolute Gasteiger partial charge is 0.495 e. The zero-order valence-electron chi connectivity index (χ0n) is 12.3. The molecule has 0 saturated heterocycles. The van der Waals surface area contributed by atoms with Gasteiger partial charge in [0.2, 0.25) is 0 Å². The van der Waals surface area contributed by atoms with Crippen molar-refractivity contribution in [1.82, 2.24) is 5.16 Å². The van der Waals surface area contributed by atoms with Crippen LogP contribution in [0, 0.1) is 13.8 Å². The Morgan fingerprint density at radius 2 is 2.20 bits per heavy atom. The Balaban J connectivity index is 1.98. The number of aryl methyl sites for hydroxylation is 3. The zero-order chi connectivity index (χ0) is 14.1. The van der Waals surface area contributed by atoms with Crippen molar-refractivity contribution in [2.24, 2.45) is 0 Å². The number of hydrogen-bond donors (Lipinski definition) is 0. The van der Waals surface area contributed by atoms with Crippen molar-refractivity contribution in [2.45, 2.75) is 33.2 Å². The molecule has 3 rings (SSSR count). The molecular weight excluding hydrogens is 252 g/mol. The third-order valence-electron chi connectivity index (χ3n) is 4.02. The summed E-state index contributed by atoms with van der Waals surface area (Å²) in [5.74, 6) is 1.86. The molecule has 0 atom stereocenters. The van der Waals surface area contributed by atoms with E-state index in [9.17, 15) is 0 Å². The number of aromatic nitrogens is 1. The highest BCUT2D eigenvalue weighted by Gasteiger charge is 2.23. The minimum absolute atomic E-state index is 0.828. The van der Waals surface area contributed by atoms with Crippen LogP contribution < -0.4 is 9.64 Å². The second kappa shape index (κ2) is 5.19. The van der Waals surface area contributed by atoms with Gasteiger partial charge in [-0.2, -0.15) is 0 Å². The molecule has 2 heterocycles. The average Bonchev–Trinajstić information content (AvgIpc) is 2.78. The first-order chi connectivity index (χ1) is 9.70. The number of ether oxygens (including phenoxy) is 1. The Kier molecular flexibility index (Phi) is 3.38. The summed E-state index contributed by atoms with van der Waals surface area (Å²) in [6, 6.07) is 6.29. The first-order valence-corrected chi connectivity index (χ1v) is 7.03. The predicted octanol–water partition coefficient (Wildman–Crippen LogP) is 3.25. The van der Waals surface area contributed by atoms with E-state index in [1.165, 1.54) is 23.2 Å². The van der Waals surface area contributed by atoms with Gasteiger partial charge in [0.15, 0.2) is 0 Å². The van der Waals surface area contributed by atoms with Crippen molar-refractivity contribution < 1.29 is 9.26 Å². The van der Waals surface area contributed by atoms with E-state index in [0.717, 1.165) is 36.7 Å². The van der Waals surface area contributed by atoms with Crippen LogP contribution >= 0.6 is 0 Å². The Morgan fingerprint density at radius 3 is 2.90 bits per heavy atom. The van der Waals surface area contributed by atoms with Gasteiger partial charge in [-0.05, 0) is 38.3 Å². The SMILES string of the molecule is COc1cccc2c1N(Cc1c(C)noc1C)CCC2. The van der Waals surface area contributed by atoms with E-state index in [1.807, 2.05) is 19.9 Å². The second-order valence-electron chi connectivity index (χ2n) is 5.30. The molecule has 1 aromatic heterocycles. The van der Waals surface area contributed by atoms with Crippen LogP contribution in [0.4, 0.5) is 5.69 Å². The number of fused-ring (bicyclic) bond motifs is 1. The number of rotatable bonds is 3. The number of anilines is 1. The summed E-state index contributed by atoms with van der Waals surface area (Å²) in [6.45, 7) is 5.84. The summed E-state index contributed by atoms with van der Waals surface area (Å²) in [5, 5.41) is 4.05. The third kappa shape index (κ3) is 2.15. The van der Waals surface area contributed by atoms with Gasteiger partial charge in [-0.3, -0.25) is 0 Å². The lowest BCUT2D eigenvalue weighted by Gasteiger charge is -2.32. The van der Waals surface area contributed by atoms with Crippen molar-refractivity contribution in [1.29, 1.82) is 0 Å². The van der Waals surface area contributed by atoms with E-state index in [2.05, 4.69) is 22.2 Å². The second-order valence-corrected chi connectivity index (χ2v) is 5.30. The van der Waals surface area contributed by atoms with E-state index >= 15 is 0 Å². The van der Waals surface area contributed by atoms with Crippen LogP contribution in [-0.4, -0.2) is 18.8 Å². The predicted molar refractivity (Wildman–Crippen MR) is 78.3 cm³/mol. The molecule has 0 amide bonds. The molecule has 0 N–H and O–H groups in total. The topological polar surface area (TPSA) is 38.5 Å². The quantitative estimate of drug-likeness (QED) is 0.859. The summed E-state index contributed by atoms with van der Waals surface area (Å²) in [7, 11) is 1.73. The maximum atomic E-state index is 5.54. The molecule has 2 aromatic rings. The third-order valence-corrected chi connectivity index (χ3v) is 4.02. The van der Waals surface area contributed by atoms with Crippen molar-refractivity contribution >= 4 is 5.69 Å². The van der Waals surface area contributed by atoms with Crippen molar-refractivity contribution in [2.75, 3.05) is 18.6 Å². The molecule has 1 aliphatic heterocycles. The summed E-state index contributed by atoms with van der Waals surface area (Å²) in [4.78, 5) is 2.38. The average molecular weight is 272 g/mol. The van der Waals surface area contributed by atoms with E-state index in [-0.39, 0.29) is 0 Å². The smallest absolute Gasteiger partial charge is 0.142 e. The molecular formula is C16H20N2O2. The number of hydrogen-bond acceptors (Lipinski definition) is 4. The van der Waals surface area contributed by atoms with Gasteiger partial charge in [0.05, 0.1) is 18.5 Å². The number of nitrogens with zero attached hydrogens (tertiary/aromatic N) is 2. The summed E-state index contributed by atoms with van der Waals surface area (Å²) in [6.07, 6.45) is 2.29. The lowest BCUT2D eigenvalue weighted by atomic mass is 10.00. The van der Waals surface area contributed by atoms with Crippen LogP contribution in [0.5, 0.6) is 5.75 Å². The normalized spacial score (nSPS) is 14.2. The summed E-state index contributed by atoms with van der Waals surface area (Å²) in [5.41, 5.74) is 4.75. The van der Waals surface area contributed by atoms with E-state index in [4.69, 9.17) is 9.26 Å². The fourth-order valence-electron chi connectivity index (χ4n) is 2.94. The molecule has 1 aromatic carbocycles. The van der Waals surface area contributed by atoms with Crippen molar-refractivity contribution in [3.05, 3.63) is 40.8 Å². The molecule has 4 nitrogen and oxygen atoms in total. The molecule has 0 aliphatic carbocycles. The Morgan fingerprint density at radius 1 is 1.35 bits per heavy atom. The number of para-hydroxylation sites is 1. The van der Waals surface area contributed by atoms with Crippen LogP contribution in [0.15, 0.2) is 22.7 Å². The zero-order valence-corrected chi connectivity index (χ0v) is 12.3. The van der Waals surface area contributed by atoms with Gasteiger partial charge in [0.1, 0.15) is 11.5 Å². The standard InChI is InChI=1S/C16H20N2O2/c1-11-14(12(2)20-17-11)10-18-9-5-7-13-6-4-8-15(19-3)16(13)18/h4,6,8H,5,7,9-10H2,1-3H3. The van der Waals surface area contributed by atoms with Gasteiger partial charge in [-0.15, -0.1) is 0 Å². The maximum Gasteiger partial charge on any atom is 0.142 e. The fraction of sp³-hybridized carbons (Fsp3) is 0.438. The van der Waals surface area contributed by atoms with Crippen molar-refractivity contribution in [3.63, 3.8) is 0 Å². The van der Waals surface area contributed by atoms with Crippen LogP contribution in [0.3, 0.4) is 0 Å². The first kappa shape index (κ1) is 13.0. The Labute approximate surface area is 119 Å². The highest BCUT2D eigenvalue weighted by atomic mass is 16.5. The summed E-state index contributed by atoms with van der Waals surface area (Å²) >= 11 is 0. The van der Waals surface area contributed by atoms with E-state index in [1.54, 1.807) is 7.11 Å². The Bertz CT molecular complexity index is 585. The molecule has 1 aliphatic rings. The van der Waals surface area contributed by atoms with Gasteiger partial charge < -0.3 is 14.2 Å². The maximum absolute atomic E-state index is 5.54. The lowest BCUT2D eigenvalue weighted by molar-refractivity contribution is 0.392. The highest BCUT2D eigenvalue weighted by molar-refractivity contribution is 5.65. The van der Waals surface area contributed by atoms with E-state index in [0.29, 0.717) is 0 Å². The van der Waals surface area contributed by atoms with Gasteiger partial charge in [-0.25, -0.2) is 0 Å². The highest BCUT2D eigenvalue weighted by Crippen LogP contribution is 2.37. The molecule has 0 radical (unpaired) electrons. The van der Waals surface area contributed by atoms with Crippen LogP contribution in [0.25, 0.3) is 0 Å². The first-order valence-electron chi connectivity index (χ1n) is 7.03. The van der Waals surface area contributed by atoms with Crippen LogP contribution in [0.2, 0.25) is 0 Å². The fourth-order valence-corrected chi connectivity index (χ4v) is 2.94. The van der Waals surface area contributed by atoms with Crippen LogP contribution in [0.1, 0.15) is 29.0 Å². The Hall–Kier alpha value is -1.97. The summed E-state index contributed by atoms with van der Waals surface area (Å²) < 4.78 is 10.8. The molecule has 0 spiro atoms. The molecule has 0 unspecified atom stereocenters. The van der Waals surface area contributed by atoms with Crippen molar-refractivity contribution in [3.8, 4) is 5.75 Å². The number of benzene rings is 1. The van der Waals surface area contributed by atoms with Gasteiger partial charge in [0, 0.05) is 18.7 Å². The van der Waals surface area contributed by atoms with Gasteiger partial charge in [0.25, 0.3) is 0 Å². The molecule has 0 fully saturated rings. The van der Waals surface area contributed by atoms with Gasteiger partial charge >= 0.3 is 0 Å². The molecule has 106 valence electrons. The lowest BCUT2D eigenvalue weighted by Crippen LogP contribution is -2.29.